The molecule has 1 aromatic carbocycles. The van der Waals surface area contributed by atoms with Crippen molar-refractivity contribution in [3.8, 4) is 11.4 Å². The van der Waals surface area contributed by atoms with Gasteiger partial charge in [0.25, 0.3) is 5.91 Å². The number of nitrogens with one attached hydrogen (secondary N) is 3. The van der Waals surface area contributed by atoms with E-state index in [-0.39, 0.29) is 18.2 Å². The number of aromatic nitrogens is 6. The lowest BCUT2D eigenvalue weighted by atomic mass is 10.0. The lowest BCUT2D eigenvalue weighted by molar-refractivity contribution is -0.129. The topological polar surface area (TPSA) is 151 Å². The third-order valence-electron chi connectivity index (χ3n) is 5.49. The van der Waals surface area contributed by atoms with Crippen LogP contribution in [0.2, 0.25) is 0 Å². The summed E-state index contributed by atoms with van der Waals surface area (Å²) in [5.41, 5.74) is 3.95. The molecule has 4 N–H and O–H groups in total. The molecule has 3 rings (SSSR count). The highest BCUT2D eigenvalue weighted by atomic mass is 16.5. The van der Waals surface area contributed by atoms with Crippen LogP contribution < -0.4 is 10.8 Å². The lowest BCUT2D eigenvalue weighted by Crippen LogP contribution is -2.40. The summed E-state index contributed by atoms with van der Waals surface area (Å²) in [4.78, 5) is 29.5. The SMILES string of the molecule is CCCCc1ncc(C(=O)N[C@@H](CC(=O)NO)CC(C)C)n1Cc1ccc(-c2nnn[nH]2)cc1. The average Bonchev–Trinajstić information content (AvgIpc) is 3.48. The molecule has 3 aromatic rings. The molecule has 0 spiro atoms. The molecule has 0 fully saturated rings. The largest absolute Gasteiger partial charge is 0.347 e. The molecule has 182 valence electrons. The molecule has 11 heteroatoms. The van der Waals surface area contributed by atoms with Gasteiger partial charge < -0.3 is 9.88 Å². The number of carbonyl (C=O) groups is 2. The zero-order valence-electron chi connectivity index (χ0n) is 19.8. The minimum Gasteiger partial charge on any atom is -0.347 e. The summed E-state index contributed by atoms with van der Waals surface area (Å²) in [5, 5.41) is 25.7. The zero-order valence-corrected chi connectivity index (χ0v) is 19.8. The van der Waals surface area contributed by atoms with Gasteiger partial charge in [0.2, 0.25) is 5.91 Å². The van der Waals surface area contributed by atoms with Crippen LogP contribution in [-0.2, 0) is 17.8 Å². The summed E-state index contributed by atoms with van der Waals surface area (Å²) in [6.07, 6.45) is 4.92. The van der Waals surface area contributed by atoms with Crippen LogP contribution in [0.1, 0.15) is 68.3 Å². The fraction of sp³-hybridized carbons (Fsp3) is 0.478. The fourth-order valence-electron chi connectivity index (χ4n) is 3.83. The van der Waals surface area contributed by atoms with Gasteiger partial charge in [0.15, 0.2) is 5.82 Å². The van der Waals surface area contributed by atoms with Gasteiger partial charge in [0, 0.05) is 31.0 Å². The van der Waals surface area contributed by atoms with E-state index in [1.165, 1.54) is 0 Å². The van der Waals surface area contributed by atoms with Crippen LogP contribution in [0.4, 0.5) is 0 Å². The molecule has 34 heavy (non-hydrogen) atoms. The summed E-state index contributed by atoms with van der Waals surface area (Å²) in [6.45, 7) is 6.62. The summed E-state index contributed by atoms with van der Waals surface area (Å²) in [7, 11) is 0. The van der Waals surface area contributed by atoms with Gasteiger partial charge in [-0.3, -0.25) is 14.8 Å². The van der Waals surface area contributed by atoms with E-state index >= 15 is 0 Å². The third kappa shape index (κ3) is 6.70. The number of tetrazole rings is 1. The first kappa shape index (κ1) is 25.0. The van der Waals surface area contributed by atoms with Gasteiger partial charge in [-0.1, -0.05) is 51.5 Å². The van der Waals surface area contributed by atoms with Crippen LogP contribution in [-0.4, -0.2) is 53.2 Å². The number of aromatic amines is 1. The van der Waals surface area contributed by atoms with Crippen molar-refractivity contribution in [1.29, 1.82) is 0 Å². The number of hydrogen-bond donors (Lipinski definition) is 4. The molecule has 2 amide bonds. The van der Waals surface area contributed by atoms with E-state index in [9.17, 15) is 9.59 Å². The minimum absolute atomic E-state index is 0.00476. The van der Waals surface area contributed by atoms with Gasteiger partial charge in [-0.15, -0.1) is 5.10 Å². The Morgan fingerprint density at radius 3 is 2.59 bits per heavy atom. The Kier molecular flexibility index (Phi) is 8.86. The smallest absolute Gasteiger partial charge is 0.269 e. The quantitative estimate of drug-likeness (QED) is 0.235. The Morgan fingerprint density at radius 2 is 1.97 bits per heavy atom. The predicted molar refractivity (Wildman–Crippen MR) is 125 cm³/mol. The number of rotatable bonds is 12. The van der Waals surface area contributed by atoms with E-state index in [1.807, 2.05) is 42.7 Å². The number of amides is 2. The Morgan fingerprint density at radius 1 is 1.21 bits per heavy atom. The van der Waals surface area contributed by atoms with Gasteiger partial charge in [0.05, 0.1) is 6.20 Å². The maximum atomic E-state index is 13.2. The maximum absolute atomic E-state index is 13.2. The molecular formula is C23H32N8O3. The number of hydrogen-bond acceptors (Lipinski definition) is 7. The first-order chi connectivity index (χ1) is 16.4. The molecule has 0 unspecified atom stereocenters. The highest BCUT2D eigenvalue weighted by Gasteiger charge is 2.22. The molecule has 0 saturated carbocycles. The lowest BCUT2D eigenvalue weighted by Gasteiger charge is -2.20. The van der Waals surface area contributed by atoms with Gasteiger partial charge in [-0.2, -0.15) is 0 Å². The Balaban J connectivity index is 1.82. The minimum atomic E-state index is -0.537. The first-order valence-corrected chi connectivity index (χ1v) is 11.5. The van der Waals surface area contributed by atoms with Crippen molar-refractivity contribution in [2.24, 2.45) is 5.92 Å². The summed E-state index contributed by atoms with van der Waals surface area (Å²) >= 11 is 0. The van der Waals surface area contributed by atoms with Crippen LogP contribution in [0.3, 0.4) is 0 Å². The van der Waals surface area contributed by atoms with E-state index in [0.717, 1.165) is 36.2 Å². The number of hydroxylamine groups is 1. The van der Waals surface area contributed by atoms with E-state index in [1.54, 1.807) is 11.7 Å². The van der Waals surface area contributed by atoms with Crippen molar-refractivity contribution in [2.45, 2.75) is 65.5 Å². The van der Waals surface area contributed by atoms with Crippen molar-refractivity contribution >= 4 is 11.8 Å². The van der Waals surface area contributed by atoms with E-state index in [2.05, 4.69) is 37.8 Å². The number of unbranched alkanes of at least 4 members (excludes halogenated alkanes) is 1. The highest BCUT2D eigenvalue weighted by molar-refractivity contribution is 5.93. The number of aryl methyl sites for hydroxylation is 1. The summed E-state index contributed by atoms with van der Waals surface area (Å²) in [5.74, 6) is 0.853. The molecule has 0 radical (unpaired) electrons. The maximum Gasteiger partial charge on any atom is 0.269 e. The zero-order chi connectivity index (χ0) is 24.5. The number of imidazole rings is 1. The predicted octanol–water partition coefficient (Wildman–Crippen LogP) is 2.49. The second-order valence-corrected chi connectivity index (χ2v) is 8.74. The first-order valence-electron chi connectivity index (χ1n) is 11.5. The second-order valence-electron chi connectivity index (χ2n) is 8.74. The highest BCUT2D eigenvalue weighted by Crippen LogP contribution is 2.18. The summed E-state index contributed by atoms with van der Waals surface area (Å²) < 4.78 is 1.93. The van der Waals surface area contributed by atoms with Crippen LogP contribution >= 0.6 is 0 Å². The van der Waals surface area contributed by atoms with E-state index in [4.69, 9.17) is 5.21 Å². The standard InChI is InChI=1S/C23H32N8O3/c1-4-5-6-20-24-13-19(23(33)25-18(11-15(2)3)12-21(32)28-34)31(20)14-16-7-9-17(10-8-16)22-26-29-30-27-22/h7-10,13,15,18,34H,4-6,11-12,14H2,1-3H3,(H,25,33)(H,28,32)(H,26,27,29,30)/t18-/m1/s1. The molecule has 2 heterocycles. The van der Waals surface area contributed by atoms with Crippen molar-refractivity contribution in [2.75, 3.05) is 0 Å². The molecule has 11 nitrogen and oxygen atoms in total. The molecule has 1 atom stereocenters. The molecule has 2 aromatic heterocycles. The number of H-pyrrole nitrogens is 1. The van der Waals surface area contributed by atoms with Crippen molar-refractivity contribution in [3.63, 3.8) is 0 Å². The third-order valence-corrected chi connectivity index (χ3v) is 5.49. The molecular weight excluding hydrogens is 436 g/mol. The molecule has 0 saturated heterocycles. The number of nitrogens with zero attached hydrogens (tertiary/aromatic N) is 5. The van der Waals surface area contributed by atoms with E-state index in [0.29, 0.717) is 24.5 Å². The number of benzene rings is 1. The summed E-state index contributed by atoms with van der Waals surface area (Å²) in [6, 6.07) is 7.38. The van der Waals surface area contributed by atoms with Crippen LogP contribution in [0.25, 0.3) is 11.4 Å². The van der Waals surface area contributed by atoms with Gasteiger partial charge in [-0.05, 0) is 34.7 Å². The normalized spacial score (nSPS) is 12.0. The van der Waals surface area contributed by atoms with Crippen LogP contribution in [0.5, 0.6) is 0 Å². The van der Waals surface area contributed by atoms with E-state index < -0.39 is 11.9 Å². The molecule has 0 aliphatic heterocycles. The van der Waals surface area contributed by atoms with Gasteiger partial charge >= 0.3 is 0 Å². The van der Waals surface area contributed by atoms with Crippen LogP contribution in [0.15, 0.2) is 30.5 Å². The second kappa shape index (κ2) is 12.0. The van der Waals surface area contributed by atoms with Crippen molar-refractivity contribution in [1.82, 2.24) is 41.0 Å². The molecule has 0 aliphatic carbocycles. The Hall–Kier alpha value is -3.60. The number of carbonyl (C=O) groups excluding carboxylic acids is 2. The van der Waals surface area contributed by atoms with Crippen LogP contribution in [0, 0.1) is 5.92 Å². The molecule has 0 aliphatic rings. The Labute approximate surface area is 198 Å². The van der Waals surface area contributed by atoms with Crippen molar-refractivity contribution < 1.29 is 14.8 Å². The van der Waals surface area contributed by atoms with Crippen molar-refractivity contribution in [3.05, 3.63) is 47.5 Å². The Bertz CT molecular complexity index is 1060. The average molecular weight is 469 g/mol. The van der Waals surface area contributed by atoms with Gasteiger partial charge in [-0.25, -0.2) is 15.6 Å². The monoisotopic (exact) mass is 468 g/mol. The fourth-order valence-corrected chi connectivity index (χ4v) is 3.83. The molecule has 0 bridgehead atoms. The van der Waals surface area contributed by atoms with Gasteiger partial charge in [0.1, 0.15) is 11.5 Å².